The smallest absolute Gasteiger partial charge is 0.329 e. The summed E-state index contributed by atoms with van der Waals surface area (Å²) in [6.45, 7) is 1.91. The number of carboxylic acids is 1. The molecule has 6 nitrogen and oxygen atoms in total. The van der Waals surface area contributed by atoms with E-state index in [1.165, 1.54) is 0 Å². The van der Waals surface area contributed by atoms with Crippen molar-refractivity contribution in [3.8, 4) is 0 Å². The first kappa shape index (κ1) is 15.5. The molecular weight excluding hydrogens is 316 g/mol. The van der Waals surface area contributed by atoms with Gasteiger partial charge in [-0.15, -0.1) is 0 Å². The summed E-state index contributed by atoms with van der Waals surface area (Å²) >= 11 is 3.33. The zero-order valence-corrected chi connectivity index (χ0v) is 12.0. The van der Waals surface area contributed by atoms with Gasteiger partial charge in [0.25, 0.3) is 0 Å². The second-order valence-electron chi connectivity index (χ2n) is 3.79. The Hall–Kier alpha value is -1.60. The third-order valence-corrected chi connectivity index (χ3v) is 2.70. The van der Waals surface area contributed by atoms with Crippen LogP contribution in [0.3, 0.4) is 0 Å². The number of carbonyl (C=O) groups excluding carboxylic acids is 1. The number of hydrogen-bond donors (Lipinski definition) is 3. The summed E-state index contributed by atoms with van der Waals surface area (Å²) in [4.78, 5) is 21.7. The van der Waals surface area contributed by atoms with Crippen LogP contribution in [0.25, 0.3) is 0 Å². The van der Waals surface area contributed by atoms with Gasteiger partial charge in [0, 0.05) is 16.7 Å². The molecule has 0 saturated heterocycles. The van der Waals surface area contributed by atoms with Crippen molar-refractivity contribution in [2.75, 3.05) is 25.1 Å². The van der Waals surface area contributed by atoms with E-state index < -0.39 is 5.97 Å². The topological polar surface area (TPSA) is 87.7 Å². The molecule has 0 heterocycles. The molecule has 0 saturated carbocycles. The van der Waals surface area contributed by atoms with E-state index in [0.717, 1.165) is 10.0 Å². The van der Waals surface area contributed by atoms with Gasteiger partial charge in [0.2, 0.25) is 0 Å². The van der Waals surface area contributed by atoms with Crippen LogP contribution in [0.2, 0.25) is 0 Å². The number of halogens is 1. The number of urea groups is 1. The number of benzene rings is 1. The molecule has 1 rings (SSSR count). The van der Waals surface area contributed by atoms with Crippen LogP contribution < -0.4 is 10.6 Å². The van der Waals surface area contributed by atoms with E-state index in [9.17, 15) is 9.59 Å². The van der Waals surface area contributed by atoms with E-state index in [1.54, 1.807) is 6.07 Å². The zero-order chi connectivity index (χ0) is 14.3. The Morgan fingerprint density at radius 1 is 1.42 bits per heavy atom. The predicted octanol–water partition coefficient (Wildman–Crippen LogP) is 1.98. The van der Waals surface area contributed by atoms with Gasteiger partial charge in [-0.25, -0.2) is 9.59 Å². The van der Waals surface area contributed by atoms with Crippen LogP contribution in [0.1, 0.15) is 5.56 Å². The molecule has 0 aliphatic heterocycles. The highest BCUT2D eigenvalue weighted by Crippen LogP contribution is 2.20. The summed E-state index contributed by atoms with van der Waals surface area (Å²) in [6, 6.07) is 5.21. The van der Waals surface area contributed by atoms with Crippen LogP contribution in [0.5, 0.6) is 0 Å². The van der Waals surface area contributed by atoms with Gasteiger partial charge < -0.3 is 20.5 Å². The highest BCUT2D eigenvalue weighted by atomic mass is 79.9. The van der Waals surface area contributed by atoms with Gasteiger partial charge in [-0.1, -0.05) is 22.0 Å². The molecular formula is C12H15BrN2O4. The first-order chi connectivity index (χ1) is 8.99. The average Bonchev–Trinajstić information content (AvgIpc) is 2.33. The molecule has 0 radical (unpaired) electrons. The van der Waals surface area contributed by atoms with Crippen molar-refractivity contribution in [3.05, 3.63) is 28.2 Å². The van der Waals surface area contributed by atoms with Crippen LogP contribution in [-0.4, -0.2) is 36.9 Å². The number of carboxylic acid groups (broad SMARTS) is 1. The maximum atomic E-state index is 11.6. The SMILES string of the molecule is Cc1ccc(Br)cc1NC(=O)NCCOCC(=O)O. The lowest BCUT2D eigenvalue weighted by Crippen LogP contribution is -2.32. The quantitative estimate of drug-likeness (QED) is 0.696. The molecule has 0 aliphatic rings. The van der Waals surface area contributed by atoms with E-state index in [0.29, 0.717) is 5.69 Å². The van der Waals surface area contributed by atoms with Gasteiger partial charge in [0.05, 0.1) is 6.61 Å². The number of amides is 2. The largest absolute Gasteiger partial charge is 0.480 e. The second-order valence-corrected chi connectivity index (χ2v) is 4.70. The summed E-state index contributed by atoms with van der Waals surface area (Å²) < 4.78 is 5.66. The van der Waals surface area contributed by atoms with Crippen LogP contribution in [0.15, 0.2) is 22.7 Å². The number of anilines is 1. The number of nitrogens with one attached hydrogen (secondary N) is 2. The summed E-state index contributed by atoms with van der Waals surface area (Å²) in [7, 11) is 0. The average molecular weight is 331 g/mol. The van der Waals surface area contributed by atoms with Gasteiger partial charge in [-0.3, -0.25) is 0 Å². The molecule has 0 aliphatic carbocycles. The van der Waals surface area contributed by atoms with E-state index in [4.69, 9.17) is 9.84 Å². The Morgan fingerprint density at radius 3 is 2.84 bits per heavy atom. The second kappa shape index (κ2) is 7.75. The maximum Gasteiger partial charge on any atom is 0.329 e. The summed E-state index contributed by atoms with van der Waals surface area (Å²) in [5.41, 5.74) is 1.65. The highest BCUT2D eigenvalue weighted by molar-refractivity contribution is 9.10. The molecule has 0 atom stereocenters. The molecule has 1 aromatic carbocycles. The maximum absolute atomic E-state index is 11.6. The molecule has 2 amide bonds. The lowest BCUT2D eigenvalue weighted by molar-refractivity contribution is -0.142. The monoisotopic (exact) mass is 330 g/mol. The third kappa shape index (κ3) is 6.21. The predicted molar refractivity (Wildman–Crippen MR) is 74.4 cm³/mol. The molecule has 0 aromatic heterocycles. The Bertz CT molecular complexity index is 465. The number of ether oxygens (including phenoxy) is 1. The minimum atomic E-state index is -1.03. The molecule has 0 unspecified atom stereocenters. The van der Waals surface area contributed by atoms with Crippen molar-refractivity contribution >= 4 is 33.6 Å². The van der Waals surface area contributed by atoms with Crippen molar-refractivity contribution in [3.63, 3.8) is 0 Å². The van der Waals surface area contributed by atoms with Crippen LogP contribution in [0, 0.1) is 6.92 Å². The highest BCUT2D eigenvalue weighted by Gasteiger charge is 2.04. The molecule has 0 fully saturated rings. The van der Waals surface area contributed by atoms with Crippen molar-refractivity contribution < 1.29 is 19.4 Å². The fraction of sp³-hybridized carbons (Fsp3) is 0.333. The van der Waals surface area contributed by atoms with Gasteiger partial charge in [-0.2, -0.15) is 0 Å². The summed E-state index contributed by atoms with van der Waals surface area (Å²) in [5, 5.41) is 13.6. The van der Waals surface area contributed by atoms with Crippen molar-refractivity contribution in [2.24, 2.45) is 0 Å². The van der Waals surface area contributed by atoms with Crippen LogP contribution in [-0.2, 0) is 9.53 Å². The Balaban J connectivity index is 2.31. The van der Waals surface area contributed by atoms with Crippen molar-refractivity contribution in [1.82, 2.24) is 5.32 Å². The molecule has 3 N–H and O–H groups in total. The van der Waals surface area contributed by atoms with E-state index in [1.807, 2.05) is 19.1 Å². The van der Waals surface area contributed by atoms with Gasteiger partial charge >= 0.3 is 12.0 Å². The molecule has 0 spiro atoms. The van der Waals surface area contributed by atoms with E-state index >= 15 is 0 Å². The lowest BCUT2D eigenvalue weighted by atomic mass is 10.2. The van der Waals surface area contributed by atoms with Gasteiger partial charge in [0.1, 0.15) is 6.61 Å². The molecule has 19 heavy (non-hydrogen) atoms. The number of aliphatic carboxylic acids is 1. The number of carbonyl (C=O) groups is 2. The fourth-order valence-corrected chi connectivity index (χ4v) is 1.65. The number of rotatable bonds is 6. The first-order valence-electron chi connectivity index (χ1n) is 5.59. The van der Waals surface area contributed by atoms with Crippen molar-refractivity contribution in [2.45, 2.75) is 6.92 Å². The normalized spacial score (nSPS) is 10.0. The van der Waals surface area contributed by atoms with E-state index in [-0.39, 0.29) is 25.8 Å². The van der Waals surface area contributed by atoms with Crippen LogP contribution in [0.4, 0.5) is 10.5 Å². The lowest BCUT2D eigenvalue weighted by Gasteiger charge is -2.10. The summed E-state index contributed by atoms with van der Waals surface area (Å²) in [5.74, 6) is -1.03. The summed E-state index contributed by atoms with van der Waals surface area (Å²) in [6.07, 6.45) is 0. The molecule has 104 valence electrons. The minimum Gasteiger partial charge on any atom is -0.480 e. The Morgan fingerprint density at radius 2 is 2.16 bits per heavy atom. The number of aryl methyl sites for hydroxylation is 1. The first-order valence-corrected chi connectivity index (χ1v) is 6.39. The molecule has 1 aromatic rings. The van der Waals surface area contributed by atoms with E-state index in [2.05, 4.69) is 26.6 Å². The molecule has 0 bridgehead atoms. The van der Waals surface area contributed by atoms with Crippen molar-refractivity contribution in [1.29, 1.82) is 0 Å². The zero-order valence-electron chi connectivity index (χ0n) is 10.4. The third-order valence-electron chi connectivity index (χ3n) is 2.21. The number of hydrogen-bond acceptors (Lipinski definition) is 3. The Labute approximate surface area is 119 Å². The standard InChI is InChI=1S/C12H15BrN2O4/c1-8-2-3-9(13)6-10(8)15-12(18)14-4-5-19-7-11(16)17/h2-3,6H,4-5,7H2,1H3,(H,16,17)(H2,14,15,18). The molecule has 7 heteroatoms. The fourth-order valence-electron chi connectivity index (χ4n) is 1.29. The Kier molecular flexibility index (Phi) is 6.31. The van der Waals surface area contributed by atoms with Crippen LogP contribution >= 0.6 is 15.9 Å². The van der Waals surface area contributed by atoms with Gasteiger partial charge in [-0.05, 0) is 24.6 Å². The minimum absolute atomic E-state index is 0.150. The van der Waals surface area contributed by atoms with Gasteiger partial charge in [0.15, 0.2) is 0 Å².